The first-order chi connectivity index (χ1) is 11.7. The van der Waals surface area contributed by atoms with Crippen LogP contribution in [0.3, 0.4) is 0 Å². The second kappa shape index (κ2) is 9.89. The van der Waals surface area contributed by atoms with Gasteiger partial charge in [-0.15, -0.1) is 0 Å². The van der Waals surface area contributed by atoms with E-state index in [0.29, 0.717) is 12.1 Å². The molecular formula is C17H27N5O2. The zero-order valence-corrected chi connectivity index (χ0v) is 14.3. The Morgan fingerprint density at radius 2 is 1.96 bits per heavy atom. The molecule has 0 radical (unpaired) electrons. The fourth-order valence-corrected chi connectivity index (χ4v) is 2.44. The first kappa shape index (κ1) is 18.2. The molecule has 1 amide bonds. The van der Waals surface area contributed by atoms with Gasteiger partial charge < -0.3 is 21.1 Å². The maximum atomic E-state index is 11.1. The number of ether oxygens (including phenoxy) is 1. The summed E-state index contributed by atoms with van der Waals surface area (Å²) in [5, 5.41) is 6.59. The Morgan fingerprint density at radius 1 is 1.25 bits per heavy atom. The lowest BCUT2D eigenvalue weighted by Gasteiger charge is -2.26. The highest BCUT2D eigenvalue weighted by Gasteiger charge is 2.09. The lowest BCUT2D eigenvalue weighted by molar-refractivity contribution is 0.0389. The number of nitrogens with one attached hydrogen (secondary N) is 2. The van der Waals surface area contributed by atoms with Gasteiger partial charge in [0.25, 0.3) is 0 Å². The molecule has 1 aliphatic heterocycles. The van der Waals surface area contributed by atoms with Crippen molar-refractivity contribution >= 4 is 11.9 Å². The molecule has 0 saturated carbocycles. The number of aliphatic imine (C=N–C) groups is 1. The average molecular weight is 333 g/mol. The van der Waals surface area contributed by atoms with Crippen molar-refractivity contribution < 1.29 is 9.53 Å². The second-order valence-electron chi connectivity index (χ2n) is 5.64. The Morgan fingerprint density at radius 3 is 2.58 bits per heavy atom. The van der Waals surface area contributed by atoms with Crippen LogP contribution in [0.2, 0.25) is 0 Å². The van der Waals surface area contributed by atoms with Gasteiger partial charge in [0.15, 0.2) is 5.96 Å². The van der Waals surface area contributed by atoms with Crippen molar-refractivity contribution in [3.8, 4) is 0 Å². The number of carbonyl (C=O) groups excluding carboxylic acids is 1. The molecule has 1 aromatic carbocycles. The van der Waals surface area contributed by atoms with Crippen molar-refractivity contribution in [2.24, 2.45) is 10.7 Å². The van der Waals surface area contributed by atoms with E-state index in [4.69, 9.17) is 10.5 Å². The second-order valence-corrected chi connectivity index (χ2v) is 5.64. The number of rotatable bonds is 7. The molecule has 0 bridgehead atoms. The molecule has 0 unspecified atom stereocenters. The molecule has 0 aromatic heterocycles. The third-order valence-corrected chi connectivity index (χ3v) is 3.83. The number of morpholine rings is 1. The van der Waals surface area contributed by atoms with E-state index in [1.807, 2.05) is 19.1 Å². The Bertz CT molecular complexity index is 538. The summed E-state index contributed by atoms with van der Waals surface area (Å²) < 4.78 is 5.35. The highest BCUT2D eigenvalue weighted by Crippen LogP contribution is 2.05. The minimum absolute atomic E-state index is 0.414. The van der Waals surface area contributed by atoms with Gasteiger partial charge in [-0.1, -0.05) is 12.1 Å². The molecule has 7 heteroatoms. The van der Waals surface area contributed by atoms with Crippen LogP contribution >= 0.6 is 0 Å². The van der Waals surface area contributed by atoms with E-state index >= 15 is 0 Å². The Labute approximate surface area is 143 Å². The SMILES string of the molecule is CCNC(=NCc1ccc(C(N)=O)cc1)NCCN1CCOCC1. The summed E-state index contributed by atoms with van der Waals surface area (Å²) in [6, 6.07) is 7.21. The molecule has 0 aliphatic carbocycles. The quantitative estimate of drug-likeness (QED) is 0.489. The normalized spacial score (nSPS) is 16.0. The fourth-order valence-electron chi connectivity index (χ4n) is 2.44. The van der Waals surface area contributed by atoms with E-state index in [1.165, 1.54) is 0 Å². The van der Waals surface area contributed by atoms with Crippen molar-refractivity contribution in [1.82, 2.24) is 15.5 Å². The van der Waals surface area contributed by atoms with E-state index in [-0.39, 0.29) is 0 Å². The first-order valence-corrected chi connectivity index (χ1v) is 8.40. The zero-order chi connectivity index (χ0) is 17.2. The lowest BCUT2D eigenvalue weighted by atomic mass is 10.1. The van der Waals surface area contributed by atoms with E-state index in [0.717, 1.165) is 57.5 Å². The number of nitrogens with two attached hydrogens (primary N) is 1. The number of carbonyl (C=O) groups is 1. The van der Waals surface area contributed by atoms with E-state index in [9.17, 15) is 4.79 Å². The van der Waals surface area contributed by atoms with Crippen LogP contribution in [0.1, 0.15) is 22.8 Å². The largest absolute Gasteiger partial charge is 0.379 e. The van der Waals surface area contributed by atoms with Gasteiger partial charge in [0.1, 0.15) is 0 Å². The molecule has 0 spiro atoms. The Hall–Kier alpha value is -2.12. The molecular weight excluding hydrogens is 306 g/mol. The average Bonchev–Trinajstić information content (AvgIpc) is 2.61. The zero-order valence-electron chi connectivity index (χ0n) is 14.3. The molecule has 1 aromatic rings. The smallest absolute Gasteiger partial charge is 0.248 e. The maximum Gasteiger partial charge on any atom is 0.248 e. The van der Waals surface area contributed by atoms with Crippen LogP contribution in [-0.2, 0) is 11.3 Å². The van der Waals surface area contributed by atoms with Crippen LogP contribution in [0.5, 0.6) is 0 Å². The summed E-state index contributed by atoms with van der Waals surface area (Å²) in [6.07, 6.45) is 0. The third kappa shape index (κ3) is 6.17. The maximum absolute atomic E-state index is 11.1. The molecule has 132 valence electrons. The monoisotopic (exact) mass is 333 g/mol. The highest BCUT2D eigenvalue weighted by molar-refractivity contribution is 5.92. The van der Waals surface area contributed by atoms with Crippen LogP contribution in [0.15, 0.2) is 29.3 Å². The molecule has 1 saturated heterocycles. The predicted molar refractivity (Wildman–Crippen MR) is 95.0 cm³/mol. The van der Waals surface area contributed by atoms with Gasteiger partial charge in [0.05, 0.1) is 19.8 Å². The number of amides is 1. The van der Waals surface area contributed by atoms with Crippen molar-refractivity contribution in [2.75, 3.05) is 45.9 Å². The number of guanidine groups is 1. The Kier molecular flexibility index (Phi) is 7.51. The summed E-state index contributed by atoms with van der Waals surface area (Å²) in [5.74, 6) is 0.382. The van der Waals surface area contributed by atoms with Crippen molar-refractivity contribution in [3.05, 3.63) is 35.4 Å². The van der Waals surface area contributed by atoms with Gasteiger partial charge in [-0.3, -0.25) is 9.69 Å². The molecule has 2 rings (SSSR count). The van der Waals surface area contributed by atoms with E-state index in [1.54, 1.807) is 12.1 Å². The van der Waals surface area contributed by atoms with Gasteiger partial charge >= 0.3 is 0 Å². The van der Waals surface area contributed by atoms with Gasteiger partial charge in [0, 0.05) is 38.3 Å². The number of nitrogens with zero attached hydrogens (tertiary/aromatic N) is 2. The minimum Gasteiger partial charge on any atom is -0.379 e. The van der Waals surface area contributed by atoms with Crippen LogP contribution in [-0.4, -0.2) is 62.7 Å². The highest BCUT2D eigenvalue weighted by atomic mass is 16.5. The number of benzene rings is 1. The molecule has 1 heterocycles. The number of hydrogen-bond donors (Lipinski definition) is 3. The van der Waals surface area contributed by atoms with Crippen molar-refractivity contribution in [1.29, 1.82) is 0 Å². The minimum atomic E-state index is -0.414. The fraction of sp³-hybridized carbons (Fsp3) is 0.529. The van der Waals surface area contributed by atoms with Crippen LogP contribution < -0.4 is 16.4 Å². The van der Waals surface area contributed by atoms with Crippen molar-refractivity contribution in [2.45, 2.75) is 13.5 Å². The molecule has 7 nitrogen and oxygen atoms in total. The van der Waals surface area contributed by atoms with E-state index in [2.05, 4.69) is 20.5 Å². The number of hydrogen-bond acceptors (Lipinski definition) is 4. The Balaban J connectivity index is 1.81. The van der Waals surface area contributed by atoms with Crippen LogP contribution in [0.25, 0.3) is 0 Å². The summed E-state index contributed by atoms with van der Waals surface area (Å²) in [7, 11) is 0. The van der Waals surface area contributed by atoms with Gasteiger partial charge in [0.2, 0.25) is 5.91 Å². The molecule has 1 aliphatic rings. The summed E-state index contributed by atoms with van der Waals surface area (Å²) in [4.78, 5) is 18.0. The lowest BCUT2D eigenvalue weighted by Crippen LogP contribution is -2.44. The van der Waals surface area contributed by atoms with Gasteiger partial charge in [-0.25, -0.2) is 4.99 Å². The van der Waals surface area contributed by atoms with Gasteiger partial charge in [-0.2, -0.15) is 0 Å². The van der Waals surface area contributed by atoms with Crippen LogP contribution in [0.4, 0.5) is 0 Å². The molecule has 0 atom stereocenters. The van der Waals surface area contributed by atoms with Crippen molar-refractivity contribution in [3.63, 3.8) is 0 Å². The molecule has 24 heavy (non-hydrogen) atoms. The first-order valence-electron chi connectivity index (χ1n) is 8.40. The predicted octanol–water partition coefficient (Wildman–Crippen LogP) is 0.173. The standard InChI is InChI=1S/C17H27N5O2/c1-2-19-17(20-7-8-22-9-11-24-12-10-22)21-13-14-3-5-15(6-4-14)16(18)23/h3-6H,2,7-13H2,1H3,(H2,18,23)(H2,19,20,21). The van der Waals surface area contributed by atoms with Gasteiger partial charge in [-0.05, 0) is 24.6 Å². The summed E-state index contributed by atoms with van der Waals surface area (Å²) in [6.45, 7) is 8.82. The summed E-state index contributed by atoms with van der Waals surface area (Å²) in [5.41, 5.74) is 6.79. The topological polar surface area (TPSA) is 92.0 Å². The van der Waals surface area contributed by atoms with E-state index < -0.39 is 5.91 Å². The number of primary amides is 1. The molecule has 1 fully saturated rings. The third-order valence-electron chi connectivity index (χ3n) is 3.83. The summed E-state index contributed by atoms with van der Waals surface area (Å²) >= 11 is 0. The molecule has 4 N–H and O–H groups in total. The van der Waals surface area contributed by atoms with Crippen LogP contribution in [0, 0.1) is 0 Å².